The van der Waals surface area contributed by atoms with Crippen LogP contribution in [-0.4, -0.2) is 29.1 Å². The number of esters is 1. The van der Waals surface area contributed by atoms with Crippen molar-refractivity contribution in [2.45, 2.75) is 13.3 Å². The maximum Gasteiger partial charge on any atom is 0.323 e. The molecule has 1 aromatic carbocycles. The standard InChI is InChI=1S/C12H12BrNO6/c1-12(10(15)16,11(17)20-2)6-7-3-4-8(14(18)19)5-9(7)13/h3-5H,6H2,1-2H3,(H,15,16). The lowest BCUT2D eigenvalue weighted by molar-refractivity contribution is -0.384. The molecule has 0 spiro atoms. The Bertz CT molecular complexity index is 573. The third kappa shape index (κ3) is 3.13. The van der Waals surface area contributed by atoms with Crippen LogP contribution in [0, 0.1) is 15.5 Å². The zero-order valence-electron chi connectivity index (χ0n) is 10.8. The summed E-state index contributed by atoms with van der Waals surface area (Å²) < 4.78 is 4.87. The molecule has 0 aliphatic heterocycles. The van der Waals surface area contributed by atoms with Gasteiger partial charge in [-0.3, -0.25) is 19.7 Å². The molecule has 0 aliphatic rings. The van der Waals surface area contributed by atoms with E-state index in [4.69, 9.17) is 0 Å². The lowest BCUT2D eigenvalue weighted by atomic mass is 9.83. The lowest BCUT2D eigenvalue weighted by Crippen LogP contribution is -2.39. The van der Waals surface area contributed by atoms with Crippen molar-refractivity contribution in [3.05, 3.63) is 38.3 Å². The summed E-state index contributed by atoms with van der Waals surface area (Å²) in [6, 6.07) is 3.92. The van der Waals surface area contributed by atoms with Crippen molar-refractivity contribution in [1.82, 2.24) is 0 Å². The number of aliphatic carboxylic acids is 1. The molecule has 20 heavy (non-hydrogen) atoms. The van der Waals surface area contributed by atoms with Gasteiger partial charge in [0, 0.05) is 23.0 Å². The van der Waals surface area contributed by atoms with Gasteiger partial charge in [-0.15, -0.1) is 0 Å². The molecule has 0 aromatic heterocycles. The maximum atomic E-state index is 11.6. The van der Waals surface area contributed by atoms with E-state index < -0.39 is 22.3 Å². The molecule has 7 nitrogen and oxygen atoms in total. The van der Waals surface area contributed by atoms with Gasteiger partial charge >= 0.3 is 11.9 Å². The van der Waals surface area contributed by atoms with Crippen LogP contribution in [0.25, 0.3) is 0 Å². The number of carboxylic acid groups (broad SMARTS) is 1. The van der Waals surface area contributed by atoms with Gasteiger partial charge in [0.05, 0.1) is 12.0 Å². The van der Waals surface area contributed by atoms with Gasteiger partial charge in [-0.2, -0.15) is 0 Å². The van der Waals surface area contributed by atoms with Gasteiger partial charge in [-0.1, -0.05) is 22.0 Å². The molecule has 8 heteroatoms. The van der Waals surface area contributed by atoms with Crippen molar-refractivity contribution in [3.8, 4) is 0 Å². The van der Waals surface area contributed by atoms with Gasteiger partial charge < -0.3 is 9.84 Å². The van der Waals surface area contributed by atoms with Crippen molar-refractivity contribution >= 4 is 33.6 Å². The Balaban J connectivity index is 3.16. The minimum atomic E-state index is -1.76. The number of carbonyl (C=O) groups is 2. The van der Waals surface area contributed by atoms with E-state index in [0.717, 1.165) is 7.11 Å². The van der Waals surface area contributed by atoms with Crippen molar-refractivity contribution < 1.29 is 24.4 Å². The Labute approximate surface area is 122 Å². The van der Waals surface area contributed by atoms with Crippen LogP contribution in [0.1, 0.15) is 12.5 Å². The summed E-state index contributed by atoms with van der Waals surface area (Å²) in [6.45, 7) is 1.25. The molecule has 1 unspecified atom stereocenters. The minimum Gasteiger partial charge on any atom is -0.480 e. The van der Waals surface area contributed by atoms with E-state index in [-0.39, 0.29) is 12.1 Å². The molecular formula is C12H12BrNO6. The molecule has 108 valence electrons. The number of rotatable bonds is 5. The second-order valence-electron chi connectivity index (χ2n) is 4.34. The molecule has 0 heterocycles. The summed E-state index contributed by atoms with van der Waals surface area (Å²) in [5.41, 5.74) is -1.42. The first-order valence-corrected chi connectivity index (χ1v) is 6.26. The van der Waals surface area contributed by atoms with Gasteiger partial charge in [0.15, 0.2) is 5.41 Å². The number of methoxy groups -OCH3 is 1. The number of non-ortho nitro benzene ring substituents is 1. The number of hydrogen-bond acceptors (Lipinski definition) is 5. The third-order valence-electron chi connectivity index (χ3n) is 2.90. The van der Waals surface area contributed by atoms with E-state index in [2.05, 4.69) is 20.7 Å². The number of carbonyl (C=O) groups excluding carboxylic acids is 1. The van der Waals surface area contributed by atoms with Crippen molar-refractivity contribution in [1.29, 1.82) is 0 Å². The average molecular weight is 346 g/mol. The largest absolute Gasteiger partial charge is 0.480 e. The zero-order chi connectivity index (χ0) is 15.5. The first-order chi connectivity index (χ1) is 9.22. The topological polar surface area (TPSA) is 107 Å². The number of halogens is 1. The molecule has 1 N–H and O–H groups in total. The monoisotopic (exact) mass is 345 g/mol. The van der Waals surface area contributed by atoms with E-state index >= 15 is 0 Å². The van der Waals surface area contributed by atoms with Gasteiger partial charge in [0.25, 0.3) is 5.69 Å². The Morgan fingerprint density at radius 3 is 2.50 bits per heavy atom. The molecule has 0 radical (unpaired) electrons. The van der Waals surface area contributed by atoms with Crippen LogP contribution in [0.4, 0.5) is 5.69 Å². The minimum absolute atomic E-state index is 0.129. The van der Waals surface area contributed by atoms with E-state index in [9.17, 15) is 24.8 Å². The zero-order valence-corrected chi connectivity index (χ0v) is 12.3. The highest BCUT2D eigenvalue weighted by molar-refractivity contribution is 9.10. The van der Waals surface area contributed by atoms with E-state index in [0.29, 0.717) is 10.0 Å². The number of nitro groups is 1. The number of hydrogen-bond donors (Lipinski definition) is 1. The van der Waals surface area contributed by atoms with Crippen molar-refractivity contribution in [3.63, 3.8) is 0 Å². The van der Waals surface area contributed by atoms with Crippen LogP contribution in [-0.2, 0) is 20.7 Å². The number of carboxylic acids is 1. The fourth-order valence-corrected chi connectivity index (χ4v) is 2.14. The molecule has 1 atom stereocenters. The number of nitro benzene ring substituents is 1. The molecule has 0 amide bonds. The highest BCUT2D eigenvalue weighted by Crippen LogP contribution is 2.31. The SMILES string of the molecule is COC(=O)C(C)(Cc1ccc([N+](=O)[O-])cc1Br)C(=O)O. The first-order valence-electron chi connectivity index (χ1n) is 5.47. The summed E-state index contributed by atoms with van der Waals surface area (Å²) in [5.74, 6) is -2.20. The molecule has 0 bridgehead atoms. The summed E-state index contributed by atoms with van der Waals surface area (Å²) in [7, 11) is 1.11. The van der Waals surface area contributed by atoms with Gasteiger partial charge in [0.1, 0.15) is 0 Å². The van der Waals surface area contributed by atoms with Gasteiger partial charge in [0.2, 0.25) is 0 Å². The molecular weight excluding hydrogens is 334 g/mol. The quantitative estimate of drug-likeness (QED) is 0.379. The Morgan fingerprint density at radius 2 is 2.10 bits per heavy atom. The number of ether oxygens (including phenoxy) is 1. The van der Waals surface area contributed by atoms with Gasteiger partial charge in [-0.05, 0) is 12.5 Å². The molecule has 0 fully saturated rings. The molecule has 1 rings (SSSR count). The fourth-order valence-electron chi connectivity index (χ4n) is 1.63. The van der Waals surface area contributed by atoms with Gasteiger partial charge in [-0.25, -0.2) is 0 Å². The Kier molecular flexibility index (Phi) is 4.83. The molecule has 0 saturated heterocycles. The molecule has 1 aromatic rings. The van der Waals surface area contributed by atoms with Crippen LogP contribution < -0.4 is 0 Å². The van der Waals surface area contributed by atoms with Crippen molar-refractivity contribution in [2.75, 3.05) is 7.11 Å². The normalized spacial score (nSPS) is 13.3. The highest BCUT2D eigenvalue weighted by atomic mass is 79.9. The predicted octanol–water partition coefficient (Wildman–Crippen LogP) is 2.16. The van der Waals surface area contributed by atoms with Crippen LogP contribution in [0.3, 0.4) is 0 Å². The lowest BCUT2D eigenvalue weighted by Gasteiger charge is -2.22. The maximum absolute atomic E-state index is 11.6. The van der Waals surface area contributed by atoms with Crippen LogP contribution in [0.5, 0.6) is 0 Å². The van der Waals surface area contributed by atoms with Crippen LogP contribution >= 0.6 is 15.9 Å². The smallest absolute Gasteiger partial charge is 0.323 e. The fraction of sp³-hybridized carbons (Fsp3) is 0.333. The second kappa shape index (κ2) is 6.00. The summed E-state index contributed by atoms with van der Waals surface area (Å²) in [6.07, 6.45) is -0.145. The first kappa shape index (κ1) is 16.1. The molecule has 0 aliphatic carbocycles. The average Bonchev–Trinajstić information content (AvgIpc) is 2.39. The number of benzene rings is 1. The second-order valence-corrected chi connectivity index (χ2v) is 5.19. The van der Waals surface area contributed by atoms with Crippen LogP contribution in [0.2, 0.25) is 0 Å². The van der Waals surface area contributed by atoms with E-state index in [1.54, 1.807) is 0 Å². The predicted molar refractivity (Wildman–Crippen MR) is 72.3 cm³/mol. The summed E-state index contributed by atoms with van der Waals surface area (Å²) in [5, 5.41) is 19.8. The molecule has 0 saturated carbocycles. The number of nitrogens with zero attached hydrogens (tertiary/aromatic N) is 1. The van der Waals surface area contributed by atoms with Crippen LogP contribution in [0.15, 0.2) is 22.7 Å². The Hall–Kier alpha value is -1.96. The highest BCUT2D eigenvalue weighted by Gasteiger charge is 2.43. The Morgan fingerprint density at radius 1 is 1.50 bits per heavy atom. The van der Waals surface area contributed by atoms with E-state index in [1.807, 2.05) is 0 Å². The third-order valence-corrected chi connectivity index (χ3v) is 3.64. The summed E-state index contributed by atoms with van der Waals surface area (Å²) in [4.78, 5) is 33.0. The van der Waals surface area contributed by atoms with E-state index in [1.165, 1.54) is 25.1 Å². The van der Waals surface area contributed by atoms with Crippen molar-refractivity contribution in [2.24, 2.45) is 5.41 Å². The summed E-state index contributed by atoms with van der Waals surface area (Å²) >= 11 is 3.14.